The second-order valence-corrected chi connectivity index (χ2v) is 5.02. The van der Waals surface area contributed by atoms with Crippen molar-refractivity contribution in [3.8, 4) is 0 Å². The van der Waals surface area contributed by atoms with Crippen molar-refractivity contribution < 1.29 is 69.9 Å². The molecule has 0 unspecified atom stereocenters. The fraction of sp³-hybridized carbons (Fsp3) is 0.917. The topological polar surface area (TPSA) is 86.2 Å². The van der Waals surface area contributed by atoms with Crippen LogP contribution in [-0.2, 0) is 25.6 Å². The molecule has 0 bridgehead atoms. The molecule has 0 radical (unpaired) electrons. The Labute approximate surface area is 154 Å². The zero-order chi connectivity index (χ0) is 13.6. The predicted octanol–water partition coefficient (Wildman–Crippen LogP) is -1.08. The maximum atomic E-state index is 8.55. The van der Waals surface area contributed by atoms with Crippen molar-refractivity contribution in [3.63, 3.8) is 0 Å². The molecule has 0 amide bonds. The molecule has 0 spiro atoms. The molecule has 108 valence electrons. The molecule has 0 aliphatic heterocycles. The summed E-state index contributed by atoms with van der Waals surface area (Å²) in [6.45, 7) is 6.12. The smallest absolute Gasteiger partial charge is 0.822 e. The van der Waals surface area contributed by atoms with Gasteiger partial charge in [0, 0.05) is 0 Å². The van der Waals surface area contributed by atoms with Crippen LogP contribution in [0, 0.1) is 6.92 Å². The molecule has 0 atom stereocenters. The van der Waals surface area contributed by atoms with Crippen LogP contribution in [0.4, 0.5) is 0 Å². The summed E-state index contributed by atoms with van der Waals surface area (Å²) in [5.41, 5.74) is 0. The van der Waals surface area contributed by atoms with Crippen LogP contribution in [0.25, 0.3) is 0 Å². The van der Waals surface area contributed by atoms with E-state index in [0.29, 0.717) is 0 Å². The molecule has 0 aromatic carbocycles. The van der Waals surface area contributed by atoms with Crippen molar-refractivity contribution >= 4 is 7.82 Å². The molecule has 0 aromatic heterocycles. The van der Waals surface area contributed by atoms with Crippen molar-refractivity contribution in [1.82, 2.24) is 0 Å². The summed E-state index contributed by atoms with van der Waals surface area (Å²) in [7, 11) is -5.39. The Kier molecular flexibility index (Phi) is 33.6. The third-order valence-electron chi connectivity index (χ3n) is 2.35. The van der Waals surface area contributed by atoms with Gasteiger partial charge in [-0.2, -0.15) is 14.2 Å². The fourth-order valence-corrected chi connectivity index (χ4v) is 1.49. The van der Waals surface area contributed by atoms with Crippen LogP contribution in [0.3, 0.4) is 0 Å². The normalized spacial score (nSPS) is 9.74. The van der Waals surface area contributed by atoms with Gasteiger partial charge in [-0.1, -0.05) is 64.7 Å². The molecular weight excluding hydrogens is 358 g/mol. The van der Waals surface area contributed by atoms with Gasteiger partial charge in [-0.25, -0.2) is 0 Å². The summed E-state index contributed by atoms with van der Waals surface area (Å²) in [6, 6.07) is 0. The average molecular weight is 383 g/mol. The van der Waals surface area contributed by atoms with Crippen LogP contribution < -0.4 is 44.2 Å². The Balaban J connectivity index is -0.000000139. The zero-order valence-electron chi connectivity index (χ0n) is 12.3. The standard InChI is InChI=1S/C12H25.Mo.Na.H3O4P/c1-3-5-7-9-11-12-10-8-6-4-2;;;1-5(2,3)4/h1,3-12H2,2H3;;;(H3,1,2,3,4)/q-1;+4;+1;/p-3. The summed E-state index contributed by atoms with van der Waals surface area (Å²) in [4.78, 5) is 25.6. The Bertz CT molecular complexity index is 172. The van der Waals surface area contributed by atoms with Crippen LogP contribution in [0.2, 0.25) is 0 Å². The van der Waals surface area contributed by atoms with E-state index in [2.05, 4.69) is 13.8 Å². The number of rotatable bonds is 9. The third-order valence-corrected chi connectivity index (χ3v) is 2.35. The van der Waals surface area contributed by atoms with Crippen LogP contribution in [0.15, 0.2) is 0 Å². The first-order chi connectivity index (χ1) is 7.91. The predicted molar refractivity (Wildman–Crippen MR) is 64.8 cm³/mol. The molecule has 4 nitrogen and oxygen atoms in total. The molecule has 0 N–H and O–H groups in total. The summed E-state index contributed by atoms with van der Waals surface area (Å²) >= 11 is 0. The SMILES string of the molecule is O=P([O-])([O-])[O-].[CH2-]CCCCCCCCCCC.[Mo+4].[Na+]. The number of hydrogen-bond donors (Lipinski definition) is 0. The van der Waals surface area contributed by atoms with E-state index in [4.69, 9.17) is 19.2 Å². The minimum atomic E-state index is -5.39. The fourth-order valence-electron chi connectivity index (χ4n) is 1.49. The quantitative estimate of drug-likeness (QED) is 0.219. The van der Waals surface area contributed by atoms with E-state index in [0.717, 1.165) is 6.42 Å². The van der Waals surface area contributed by atoms with Gasteiger partial charge in [-0.15, -0.1) is 0 Å². The van der Waals surface area contributed by atoms with E-state index >= 15 is 0 Å². The first kappa shape index (κ1) is 28.9. The van der Waals surface area contributed by atoms with E-state index in [-0.39, 0.29) is 50.6 Å². The van der Waals surface area contributed by atoms with Gasteiger partial charge in [-0.3, -0.25) is 0 Å². The van der Waals surface area contributed by atoms with Crippen molar-refractivity contribution in [2.24, 2.45) is 0 Å². The van der Waals surface area contributed by atoms with Gasteiger partial charge in [0.25, 0.3) is 0 Å². The average Bonchev–Trinajstić information content (AvgIpc) is 2.20. The molecule has 0 aliphatic rings. The van der Waals surface area contributed by atoms with E-state index in [1.165, 1.54) is 57.8 Å². The van der Waals surface area contributed by atoms with Crippen LogP contribution in [0.5, 0.6) is 0 Å². The molecule has 19 heavy (non-hydrogen) atoms. The number of phosphoric acid groups is 1. The first-order valence-corrected chi connectivity index (χ1v) is 7.90. The Morgan fingerprint density at radius 2 is 1.11 bits per heavy atom. The van der Waals surface area contributed by atoms with Crippen LogP contribution in [0.1, 0.15) is 71.1 Å². The van der Waals surface area contributed by atoms with Crippen molar-refractivity contribution in [2.45, 2.75) is 71.1 Å². The maximum Gasteiger partial charge on any atom is 4.00 e. The van der Waals surface area contributed by atoms with E-state index in [9.17, 15) is 0 Å². The molecule has 0 rings (SSSR count). The molecule has 0 saturated carbocycles. The Hall–Kier alpha value is 1.80. The van der Waals surface area contributed by atoms with E-state index in [1.807, 2.05) is 0 Å². The Morgan fingerprint density at radius 3 is 1.37 bits per heavy atom. The second kappa shape index (κ2) is 22.1. The molecule has 0 heterocycles. The van der Waals surface area contributed by atoms with E-state index in [1.54, 1.807) is 0 Å². The number of hydrogen-bond acceptors (Lipinski definition) is 4. The van der Waals surface area contributed by atoms with Gasteiger partial charge in [0.2, 0.25) is 0 Å². The minimum absolute atomic E-state index is 0. The number of unbranched alkanes of at least 4 members (excludes halogenated alkanes) is 9. The summed E-state index contributed by atoms with van der Waals surface area (Å²) in [5, 5.41) is 0. The molecule has 0 fully saturated rings. The minimum Gasteiger partial charge on any atom is -0.822 e. The van der Waals surface area contributed by atoms with Gasteiger partial charge in [0.05, 0.1) is 0 Å². The van der Waals surface area contributed by atoms with Gasteiger partial charge in [-0.05, 0) is 0 Å². The van der Waals surface area contributed by atoms with Crippen LogP contribution in [-0.4, -0.2) is 0 Å². The summed E-state index contributed by atoms with van der Waals surface area (Å²) in [6.07, 6.45) is 13.9. The summed E-state index contributed by atoms with van der Waals surface area (Å²) in [5.74, 6) is 0. The first-order valence-electron chi connectivity index (χ1n) is 6.44. The van der Waals surface area contributed by atoms with Gasteiger partial charge in [0.15, 0.2) is 0 Å². The van der Waals surface area contributed by atoms with Gasteiger partial charge in [0.1, 0.15) is 0 Å². The zero-order valence-corrected chi connectivity index (χ0v) is 17.2. The van der Waals surface area contributed by atoms with Crippen LogP contribution >= 0.6 is 7.82 Å². The van der Waals surface area contributed by atoms with Crippen molar-refractivity contribution in [3.05, 3.63) is 6.92 Å². The van der Waals surface area contributed by atoms with E-state index < -0.39 is 7.82 Å². The van der Waals surface area contributed by atoms with Crippen molar-refractivity contribution in [2.75, 3.05) is 0 Å². The largest absolute Gasteiger partial charge is 4.00 e. The molecule has 0 aromatic rings. The molecule has 7 heteroatoms. The molecule has 0 aliphatic carbocycles. The van der Waals surface area contributed by atoms with Gasteiger partial charge < -0.3 is 26.2 Å². The maximum absolute atomic E-state index is 8.55. The molecule has 0 saturated heterocycles. The van der Waals surface area contributed by atoms with Gasteiger partial charge >= 0.3 is 50.6 Å². The Morgan fingerprint density at radius 1 is 0.842 bits per heavy atom. The monoisotopic (exact) mass is 385 g/mol. The second-order valence-electron chi connectivity index (χ2n) is 4.13. The van der Waals surface area contributed by atoms with Crippen molar-refractivity contribution in [1.29, 1.82) is 0 Å². The molecular formula is C12H25MoNaO4P+. The summed E-state index contributed by atoms with van der Waals surface area (Å²) < 4.78 is 8.55. The third kappa shape index (κ3) is 53.8.